The number of hydrogen-bond acceptors (Lipinski definition) is 4. The van der Waals surface area contributed by atoms with Crippen molar-refractivity contribution in [1.29, 1.82) is 0 Å². The van der Waals surface area contributed by atoms with Crippen LogP contribution in [0, 0.1) is 12.7 Å². The summed E-state index contributed by atoms with van der Waals surface area (Å²) in [7, 11) is 0. The van der Waals surface area contributed by atoms with Crippen LogP contribution in [0.25, 0.3) is 5.69 Å². The maximum Gasteiger partial charge on any atom is 0.274 e. The molecule has 0 saturated carbocycles. The molecule has 4 rings (SSSR count). The van der Waals surface area contributed by atoms with E-state index in [0.717, 1.165) is 12.1 Å². The Morgan fingerprint density at radius 1 is 1.03 bits per heavy atom. The lowest BCUT2D eigenvalue weighted by Gasteiger charge is -2.14. The average Bonchev–Trinajstić information content (AvgIpc) is 3.38. The van der Waals surface area contributed by atoms with Gasteiger partial charge in [0.25, 0.3) is 5.91 Å². The van der Waals surface area contributed by atoms with Crippen molar-refractivity contribution in [2.75, 3.05) is 13.1 Å². The second kappa shape index (κ2) is 8.53. The number of benzene rings is 2. The highest BCUT2D eigenvalue weighted by Crippen LogP contribution is 2.15. The molecule has 1 saturated heterocycles. The number of aromatic nitrogens is 3. The number of amides is 1. The van der Waals surface area contributed by atoms with Gasteiger partial charge in [-0.15, -0.1) is 5.10 Å². The third-order valence-corrected chi connectivity index (χ3v) is 5.26. The highest BCUT2D eigenvalue weighted by atomic mass is 19.1. The molecule has 150 valence electrons. The highest BCUT2D eigenvalue weighted by Gasteiger charge is 2.17. The fourth-order valence-electron chi connectivity index (χ4n) is 3.59. The van der Waals surface area contributed by atoms with Gasteiger partial charge in [-0.05, 0) is 68.2 Å². The molecule has 2 heterocycles. The highest BCUT2D eigenvalue weighted by molar-refractivity contribution is 5.93. The first kappa shape index (κ1) is 19.3. The van der Waals surface area contributed by atoms with Gasteiger partial charge in [-0.25, -0.2) is 9.07 Å². The van der Waals surface area contributed by atoms with Crippen molar-refractivity contribution < 1.29 is 9.18 Å². The lowest BCUT2D eigenvalue weighted by molar-refractivity contribution is 0.0945. The molecular formula is C22H24FN5O. The summed E-state index contributed by atoms with van der Waals surface area (Å²) >= 11 is 0. The molecule has 2 aromatic carbocycles. The molecule has 1 aromatic heterocycles. The second-order valence-electron chi connectivity index (χ2n) is 7.39. The maximum absolute atomic E-state index is 13.1. The van der Waals surface area contributed by atoms with Crippen LogP contribution < -0.4 is 5.32 Å². The van der Waals surface area contributed by atoms with Gasteiger partial charge in [0.05, 0.1) is 11.4 Å². The Balaban J connectivity index is 1.36. The Bertz CT molecular complexity index is 975. The second-order valence-corrected chi connectivity index (χ2v) is 7.39. The van der Waals surface area contributed by atoms with E-state index in [1.165, 1.54) is 48.3 Å². The molecule has 6 nitrogen and oxygen atoms in total. The van der Waals surface area contributed by atoms with Crippen LogP contribution in [0.5, 0.6) is 0 Å². The van der Waals surface area contributed by atoms with Crippen molar-refractivity contribution in [3.05, 3.63) is 76.9 Å². The van der Waals surface area contributed by atoms with Crippen LogP contribution in [-0.2, 0) is 13.1 Å². The molecule has 1 N–H and O–H groups in total. The van der Waals surface area contributed by atoms with Crippen molar-refractivity contribution >= 4 is 5.91 Å². The smallest absolute Gasteiger partial charge is 0.274 e. The van der Waals surface area contributed by atoms with Gasteiger partial charge >= 0.3 is 0 Å². The number of carbonyl (C=O) groups excluding carboxylic acids is 1. The number of likely N-dealkylation sites (tertiary alicyclic amines) is 1. The number of carbonyl (C=O) groups is 1. The molecule has 1 amide bonds. The van der Waals surface area contributed by atoms with Crippen molar-refractivity contribution in [2.24, 2.45) is 0 Å². The van der Waals surface area contributed by atoms with Crippen LogP contribution in [0.1, 0.15) is 40.2 Å². The van der Waals surface area contributed by atoms with Crippen LogP contribution in [0.2, 0.25) is 0 Å². The van der Waals surface area contributed by atoms with Gasteiger partial charge in [-0.3, -0.25) is 9.69 Å². The summed E-state index contributed by atoms with van der Waals surface area (Å²) in [5.41, 5.74) is 3.85. The Kier molecular flexibility index (Phi) is 5.67. The molecule has 0 radical (unpaired) electrons. The molecule has 29 heavy (non-hydrogen) atoms. The fourth-order valence-corrected chi connectivity index (χ4v) is 3.59. The molecule has 0 atom stereocenters. The first-order chi connectivity index (χ1) is 14.1. The lowest BCUT2D eigenvalue weighted by Crippen LogP contribution is -2.24. The van der Waals surface area contributed by atoms with Crippen molar-refractivity contribution in [3.63, 3.8) is 0 Å². The summed E-state index contributed by atoms with van der Waals surface area (Å²) in [6.45, 7) is 5.53. The van der Waals surface area contributed by atoms with Crippen molar-refractivity contribution in [1.82, 2.24) is 25.2 Å². The van der Waals surface area contributed by atoms with E-state index in [0.29, 0.717) is 17.9 Å². The molecule has 1 fully saturated rings. The van der Waals surface area contributed by atoms with Crippen LogP contribution in [0.4, 0.5) is 4.39 Å². The zero-order valence-corrected chi connectivity index (χ0v) is 16.4. The molecule has 1 aliphatic heterocycles. The molecule has 0 spiro atoms. The SMILES string of the molecule is Cc1c(C(=O)NCc2ccc(CN3CCCC3)cc2)nnn1-c1ccc(F)cc1. The molecular weight excluding hydrogens is 369 g/mol. The van der Waals surface area contributed by atoms with E-state index in [-0.39, 0.29) is 17.4 Å². The predicted molar refractivity (Wildman–Crippen MR) is 108 cm³/mol. The monoisotopic (exact) mass is 393 g/mol. The number of nitrogens with one attached hydrogen (secondary N) is 1. The Hall–Kier alpha value is -3.06. The minimum atomic E-state index is -0.323. The first-order valence-corrected chi connectivity index (χ1v) is 9.87. The minimum Gasteiger partial charge on any atom is -0.347 e. The van der Waals surface area contributed by atoms with Gasteiger partial charge in [0.15, 0.2) is 5.69 Å². The zero-order valence-electron chi connectivity index (χ0n) is 16.4. The van der Waals surface area contributed by atoms with Crippen molar-refractivity contribution in [3.8, 4) is 5.69 Å². The fraction of sp³-hybridized carbons (Fsp3) is 0.318. The summed E-state index contributed by atoms with van der Waals surface area (Å²) in [6.07, 6.45) is 2.57. The van der Waals surface area contributed by atoms with E-state index in [4.69, 9.17) is 0 Å². The summed E-state index contributed by atoms with van der Waals surface area (Å²) in [5, 5.41) is 10.9. The minimum absolute atomic E-state index is 0.264. The van der Waals surface area contributed by atoms with E-state index < -0.39 is 0 Å². The van der Waals surface area contributed by atoms with Crippen LogP contribution in [0.3, 0.4) is 0 Å². The Morgan fingerprint density at radius 2 is 1.69 bits per heavy atom. The standard InChI is InChI=1S/C22H24FN5O/c1-16-21(25-26-28(16)20-10-8-19(23)9-11-20)22(29)24-14-17-4-6-18(7-5-17)15-27-12-2-3-13-27/h4-11H,2-3,12-15H2,1H3,(H,24,29). The van der Waals surface area contributed by atoms with Crippen LogP contribution >= 0.6 is 0 Å². The van der Waals surface area contributed by atoms with Crippen LogP contribution in [0.15, 0.2) is 48.5 Å². The van der Waals surface area contributed by atoms with Gasteiger partial charge in [0.2, 0.25) is 0 Å². The molecule has 0 unspecified atom stereocenters. The average molecular weight is 393 g/mol. The van der Waals surface area contributed by atoms with Gasteiger partial charge in [-0.1, -0.05) is 29.5 Å². The molecule has 3 aromatic rings. The molecule has 0 aliphatic carbocycles. The number of halogens is 1. The third kappa shape index (κ3) is 4.51. The zero-order chi connectivity index (χ0) is 20.2. The van der Waals surface area contributed by atoms with Crippen LogP contribution in [-0.4, -0.2) is 38.9 Å². The normalized spacial score (nSPS) is 14.3. The Labute approximate surface area is 169 Å². The van der Waals surface area contributed by atoms with E-state index in [9.17, 15) is 9.18 Å². The van der Waals surface area contributed by atoms with E-state index in [1.54, 1.807) is 19.1 Å². The lowest BCUT2D eigenvalue weighted by atomic mass is 10.1. The largest absolute Gasteiger partial charge is 0.347 e. The summed E-state index contributed by atoms with van der Waals surface area (Å²) < 4.78 is 14.6. The topological polar surface area (TPSA) is 63.1 Å². The van der Waals surface area contributed by atoms with Gasteiger partial charge < -0.3 is 5.32 Å². The quantitative estimate of drug-likeness (QED) is 0.698. The molecule has 7 heteroatoms. The number of hydrogen-bond donors (Lipinski definition) is 1. The Morgan fingerprint density at radius 3 is 2.38 bits per heavy atom. The molecule has 1 aliphatic rings. The number of nitrogens with zero attached hydrogens (tertiary/aromatic N) is 4. The summed E-state index contributed by atoms with van der Waals surface area (Å²) in [6, 6.07) is 14.2. The van der Waals surface area contributed by atoms with Crippen molar-refractivity contribution in [2.45, 2.75) is 32.9 Å². The van der Waals surface area contributed by atoms with Gasteiger partial charge in [0, 0.05) is 13.1 Å². The third-order valence-electron chi connectivity index (χ3n) is 5.26. The predicted octanol–water partition coefficient (Wildman–Crippen LogP) is 3.24. The van der Waals surface area contributed by atoms with E-state index in [2.05, 4.69) is 32.7 Å². The van der Waals surface area contributed by atoms with Gasteiger partial charge in [-0.2, -0.15) is 0 Å². The summed E-state index contributed by atoms with van der Waals surface area (Å²) in [4.78, 5) is 15.0. The molecule has 0 bridgehead atoms. The van der Waals surface area contributed by atoms with E-state index >= 15 is 0 Å². The van der Waals surface area contributed by atoms with E-state index in [1.807, 2.05) is 12.1 Å². The first-order valence-electron chi connectivity index (χ1n) is 9.87. The number of rotatable bonds is 6. The van der Waals surface area contributed by atoms with Gasteiger partial charge in [0.1, 0.15) is 5.82 Å². The summed E-state index contributed by atoms with van der Waals surface area (Å²) in [5.74, 6) is -0.604. The maximum atomic E-state index is 13.1.